The zero-order chi connectivity index (χ0) is 20.8. The van der Waals surface area contributed by atoms with Gasteiger partial charge in [-0.25, -0.2) is 9.18 Å². The summed E-state index contributed by atoms with van der Waals surface area (Å²) >= 11 is 0. The third kappa shape index (κ3) is 5.20. The first-order chi connectivity index (χ1) is 13.9. The second kappa shape index (κ2) is 8.71. The number of allylic oxidation sites excluding steroid dienone is 1. The van der Waals surface area contributed by atoms with E-state index in [9.17, 15) is 24.1 Å². The quantitative estimate of drug-likeness (QED) is 0.150. The smallest absolute Gasteiger partial charge is 0.343 e. The van der Waals surface area contributed by atoms with Crippen LogP contribution in [0.5, 0.6) is 5.75 Å². The van der Waals surface area contributed by atoms with Crippen molar-refractivity contribution in [2.24, 2.45) is 0 Å². The zero-order valence-corrected chi connectivity index (χ0v) is 14.9. The molecule has 0 fully saturated rings. The van der Waals surface area contributed by atoms with Crippen LogP contribution in [0.3, 0.4) is 0 Å². The first kappa shape index (κ1) is 19.6. The number of rotatable bonds is 6. The van der Waals surface area contributed by atoms with Crippen LogP contribution in [-0.4, -0.2) is 16.7 Å². The van der Waals surface area contributed by atoms with Crippen molar-refractivity contribution < 1.29 is 23.6 Å². The Morgan fingerprint density at radius 3 is 2.24 bits per heavy atom. The SMILES string of the molecule is O=C(C=Cc1cccc([N+](=O)[O-])c1)c1ccc(OC(=O)c2ccc(F)cc2)cc1. The number of non-ortho nitro benzene ring substituents is 1. The van der Waals surface area contributed by atoms with Gasteiger partial charge in [0.25, 0.3) is 5.69 Å². The molecule has 0 unspecified atom stereocenters. The second-order valence-corrected chi connectivity index (χ2v) is 5.97. The molecule has 0 aliphatic heterocycles. The van der Waals surface area contributed by atoms with Gasteiger partial charge in [-0.2, -0.15) is 0 Å². The molecule has 3 aromatic carbocycles. The van der Waals surface area contributed by atoms with Gasteiger partial charge < -0.3 is 4.74 Å². The number of ketones is 1. The maximum atomic E-state index is 12.9. The summed E-state index contributed by atoms with van der Waals surface area (Å²) in [5.41, 5.74) is 1.02. The standard InChI is InChI=1S/C22H14FNO5/c23-18-9-5-17(6-10-18)22(26)29-20-11-7-16(8-12-20)21(25)13-4-15-2-1-3-19(14-15)24(27)28/h1-14H. The largest absolute Gasteiger partial charge is 0.423 e. The lowest BCUT2D eigenvalue weighted by Gasteiger charge is -2.05. The van der Waals surface area contributed by atoms with Crippen molar-refractivity contribution in [3.8, 4) is 5.75 Å². The van der Waals surface area contributed by atoms with E-state index in [4.69, 9.17) is 4.74 Å². The third-order valence-corrected chi connectivity index (χ3v) is 3.94. The number of ether oxygens (including phenoxy) is 1. The van der Waals surface area contributed by atoms with Crippen LogP contribution in [0.2, 0.25) is 0 Å². The fourth-order valence-electron chi connectivity index (χ4n) is 2.45. The van der Waals surface area contributed by atoms with Crippen molar-refractivity contribution in [1.29, 1.82) is 0 Å². The minimum absolute atomic E-state index is 0.0630. The minimum atomic E-state index is -0.644. The number of carbonyl (C=O) groups excluding carboxylic acids is 2. The maximum absolute atomic E-state index is 12.9. The molecule has 7 heteroatoms. The Hall–Kier alpha value is -4.13. The van der Waals surface area contributed by atoms with E-state index in [2.05, 4.69) is 0 Å². The lowest BCUT2D eigenvalue weighted by atomic mass is 10.1. The van der Waals surface area contributed by atoms with Gasteiger partial charge in [-0.1, -0.05) is 18.2 Å². The Balaban J connectivity index is 1.65. The summed E-state index contributed by atoms with van der Waals surface area (Å²) in [6.45, 7) is 0. The summed E-state index contributed by atoms with van der Waals surface area (Å²) < 4.78 is 18.1. The highest BCUT2D eigenvalue weighted by atomic mass is 19.1. The van der Waals surface area contributed by atoms with Gasteiger partial charge in [0.1, 0.15) is 11.6 Å². The maximum Gasteiger partial charge on any atom is 0.343 e. The Morgan fingerprint density at radius 2 is 1.59 bits per heavy atom. The summed E-state index contributed by atoms with van der Waals surface area (Å²) in [5.74, 6) is -1.18. The van der Waals surface area contributed by atoms with Crippen molar-refractivity contribution in [2.75, 3.05) is 0 Å². The monoisotopic (exact) mass is 391 g/mol. The molecular formula is C22H14FNO5. The molecule has 144 valence electrons. The molecule has 6 nitrogen and oxygen atoms in total. The summed E-state index contributed by atoms with van der Waals surface area (Å²) in [7, 11) is 0. The molecule has 0 aromatic heterocycles. The Morgan fingerprint density at radius 1 is 0.931 bits per heavy atom. The molecule has 0 N–H and O–H groups in total. The summed E-state index contributed by atoms with van der Waals surface area (Å²) in [5, 5.41) is 10.8. The average molecular weight is 391 g/mol. The van der Waals surface area contributed by atoms with Gasteiger partial charge >= 0.3 is 5.97 Å². The van der Waals surface area contributed by atoms with Gasteiger partial charge in [0.05, 0.1) is 10.5 Å². The zero-order valence-electron chi connectivity index (χ0n) is 14.9. The lowest BCUT2D eigenvalue weighted by Crippen LogP contribution is -2.08. The summed E-state index contributed by atoms with van der Waals surface area (Å²) in [4.78, 5) is 34.5. The Kier molecular flexibility index (Phi) is 5.89. The first-order valence-corrected chi connectivity index (χ1v) is 8.47. The van der Waals surface area contributed by atoms with E-state index in [1.165, 1.54) is 66.7 Å². The molecule has 0 heterocycles. The molecular weight excluding hydrogens is 377 g/mol. The molecule has 29 heavy (non-hydrogen) atoms. The molecule has 3 rings (SSSR count). The predicted octanol–water partition coefficient (Wildman–Crippen LogP) is 4.85. The third-order valence-electron chi connectivity index (χ3n) is 3.94. The van der Waals surface area contributed by atoms with Crippen LogP contribution in [0.4, 0.5) is 10.1 Å². The van der Waals surface area contributed by atoms with Crippen LogP contribution in [0.1, 0.15) is 26.3 Å². The average Bonchev–Trinajstić information content (AvgIpc) is 2.73. The molecule has 0 spiro atoms. The van der Waals surface area contributed by atoms with Gasteiger partial charge in [0.15, 0.2) is 5.78 Å². The summed E-state index contributed by atoms with van der Waals surface area (Å²) in [6.07, 6.45) is 2.79. The van der Waals surface area contributed by atoms with Crippen molar-refractivity contribution in [3.05, 3.63) is 111 Å². The van der Waals surface area contributed by atoms with E-state index in [1.54, 1.807) is 6.07 Å². The van der Waals surface area contributed by atoms with Crippen LogP contribution in [-0.2, 0) is 0 Å². The Bertz CT molecular complexity index is 1090. The van der Waals surface area contributed by atoms with E-state index < -0.39 is 16.7 Å². The normalized spacial score (nSPS) is 10.7. The minimum Gasteiger partial charge on any atom is -0.423 e. The summed E-state index contributed by atoms with van der Waals surface area (Å²) in [6, 6.07) is 16.8. The fourth-order valence-corrected chi connectivity index (χ4v) is 2.45. The highest BCUT2D eigenvalue weighted by molar-refractivity contribution is 6.06. The van der Waals surface area contributed by atoms with Gasteiger partial charge in [0.2, 0.25) is 0 Å². The van der Waals surface area contributed by atoms with Crippen LogP contribution in [0, 0.1) is 15.9 Å². The number of nitro benzene ring substituents is 1. The van der Waals surface area contributed by atoms with Crippen LogP contribution < -0.4 is 4.74 Å². The number of esters is 1. The molecule has 0 saturated carbocycles. The number of benzene rings is 3. The number of halogens is 1. The molecule has 0 radical (unpaired) electrons. The second-order valence-electron chi connectivity index (χ2n) is 5.97. The number of nitrogens with zero attached hydrogens (tertiary/aromatic N) is 1. The van der Waals surface area contributed by atoms with Crippen molar-refractivity contribution in [3.63, 3.8) is 0 Å². The molecule has 0 aliphatic carbocycles. The number of hydrogen-bond donors (Lipinski definition) is 0. The lowest BCUT2D eigenvalue weighted by molar-refractivity contribution is -0.384. The van der Waals surface area contributed by atoms with Gasteiger partial charge in [-0.05, 0) is 60.2 Å². The Labute approximate surface area is 165 Å². The van der Waals surface area contributed by atoms with E-state index in [-0.39, 0.29) is 22.8 Å². The molecule has 0 amide bonds. The molecule has 0 aliphatic rings. The van der Waals surface area contributed by atoms with Crippen LogP contribution in [0.15, 0.2) is 78.9 Å². The number of hydrogen-bond acceptors (Lipinski definition) is 5. The fraction of sp³-hybridized carbons (Fsp3) is 0. The number of carbonyl (C=O) groups is 2. The van der Waals surface area contributed by atoms with E-state index in [0.29, 0.717) is 11.1 Å². The molecule has 0 saturated heterocycles. The van der Waals surface area contributed by atoms with E-state index >= 15 is 0 Å². The highest BCUT2D eigenvalue weighted by Gasteiger charge is 2.10. The molecule has 3 aromatic rings. The van der Waals surface area contributed by atoms with Crippen LogP contribution >= 0.6 is 0 Å². The van der Waals surface area contributed by atoms with Crippen LogP contribution in [0.25, 0.3) is 6.08 Å². The number of nitro groups is 1. The molecule has 0 bridgehead atoms. The van der Waals surface area contributed by atoms with Crippen molar-refractivity contribution >= 4 is 23.5 Å². The van der Waals surface area contributed by atoms with Crippen molar-refractivity contribution in [1.82, 2.24) is 0 Å². The van der Waals surface area contributed by atoms with Gasteiger partial charge in [-0.3, -0.25) is 14.9 Å². The van der Waals surface area contributed by atoms with E-state index in [1.807, 2.05) is 0 Å². The molecule has 0 atom stereocenters. The highest BCUT2D eigenvalue weighted by Crippen LogP contribution is 2.17. The van der Waals surface area contributed by atoms with E-state index in [0.717, 1.165) is 12.1 Å². The van der Waals surface area contributed by atoms with Crippen molar-refractivity contribution in [2.45, 2.75) is 0 Å². The van der Waals surface area contributed by atoms with Gasteiger partial charge in [-0.15, -0.1) is 0 Å². The first-order valence-electron chi connectivity index (χ1n) is 8.47. The van der Waals surface area contributed by atoms with Gasteiger partial charge in [0, 0.05) is 17.7 Å². The predicted molar refractivity (Wildman–Crippen MR) is 104 cm³/mol. The topological polar surface area (TPSA) is 86.5 Å².